The highest BCUT2D eigenvalue weighted by Crippen LogP contribution is 2.19. The molecule has 0 aromatic rings. The van der Waals surface area contributed by atoms with Crippen LogP contribution in [0.3, 0.4) is 0 Å². The first-order chi connectivity index (χ1) is 36.0. The summed E-state index contributed by atoms with van der Waals surface area (Å²) in [5.41, 5.74) is 0. The minimum atomic E-state index is -0.840. The van der Waals surface area contributed by atoms with Gasteiger partial charge < -0.3 is 20.3 Å². The van der Waals surface area contributed by atoms with E-state index in [2.05, 4.69) is 19.2 Å². The van der Waals surface area contributed by atoms with E-state index in [9.17, 15) is 19.8 Å². The van der Waals surface area contributed by atoms with E-state index < -0.39 is 12.1 Å². The third-order valence-corrected chi connectivity index (χ3v) is 15.8. The number of aliphatic hydroxyl groups is 2. The Morgan fingerprint density at radius 3 is 0.932 bits per heavy atom. The Hall–Kier alpha value is -1.40. The number of aliphatic hydroxyl groups excluding tert-OH is 2. The summed E-state index contributed by atoms with van der Waals surface area (Å²) in [4.78, 5) is 24.5. The first kappa shape index (κ1) is 71.6. The highest BCUT2D eigenvalue weighted by atomic mass is 16.5. The molecule has 0 heterocycles. The van der Waals surface area contributed by atoms with Crippen molar-refractivity contribution in [3.63, 3.8) is 0 Å². The van der Waals surface area contributed by atoms with Crippen LogP contribution in [0, 0.1) is 0 Å². The molecule has 0 aliphatic carbocycles. The number of carbonyl (C=O) groups excluding carboxylic acids is 2. The van der Waals surface area contributed by atoms with E-state index in [0.717, 1.165) is 38.5 Å². The van der Waals surface area contributed by atoms with E-state index in [1.165, 1.54) is 315 Å². The summed E-state index contributed by atoms with van der Waals surface area (Å²) in [6, 6.07) is -0.623. The van der Waals surface area contributed by atoms with E-state index >= 15 is 0 Å². The number of carbonyl (C=O) groups is 2. The van der Waals surface area contributed by atoms with Crippen LogP contribution in [-0.4, -0.2) is 47.4 Å². The number of rotatable bonds is 63. The van der Waals surface area contributed by atoms with Gasteiger partial charge in [0.2, 0.25) is 5.91 Å². The average molecular weight is 1030 g/mol. The highest BCUT2D eigenvalue weighted by molar-refractivity contribution is 5.76. The van der Waals surface area contributed by atoms with Crippen LogP contribution in [0.5, 0.6) is 0 Å². The van der Waals surface area contributed by atoms with E-state index in [1.54, 1.807) is 6.08 Å². The van der Waals surface area contributed by atoms with Crippen molar-refractivity contribution in [3.05, 3.63) is 12.2 Å². The lowest BCUT2D eigenvalue weighted by Crippen LogP contribution is -2.45. The Labute approximate surface area is 457 Å². The van der Waals surface area contributed by atoms with Crippen molar-refractivity contribution < 1.29 is 24.5 Å². The Kier molecular flexibility index (Phi) is 61.9. The number of ether oxygens (including phenoxy) is 1. The Balaban J connectivity index is 3.33. The topological polar surface area (TPSA) is 95.9 Å². The molecular weight excluding hydrogens is 899 g/mol. The second-order valence-corrected chi connectivity index (χ2v) is 23.2. The number of amides is 1. The zero-order chi connectivity index (χ0) is 52.9. The van der Waals surface area contributed by atoms with Gasteiger partial charge in [-0.3, -0.25) is 9.59 Å². The van der Waals surface area contributed by atoms with Crippen LogP contribution in [0.15, 0.2) is 12.2 Å². The lowest BCUT2D eigenvalue weighted by molar-refractivity contribution is -0.143. The molecule has 6 nitrogen and oxygen atoms in total. The Bertz CT molecular complexity index is 1100. The molecule has 0 rings (SSSR count). The zero-order valence-corrected chi connectivity index (χ0v) is 49.6. The molecular formula is C67H131NO5. The number of nitrogens with one attached hydrogen (secondary N) is 1. The molecule has 0 aromatic carbocycles. The number of hydrogen-bond acceptors (Lipinski definition) is 5. The fourth-order valence-electron chi connectivity index (χ4n) is 10.7. The molecule has 0 fully saturated rings. The standard InChI is InChI=1S/C67H131NO5/c1-3-5-7-9-11-13-15-17-37-41-45-49-53-57-61-67(72)73-62-58-54-50-46-42-38-34-32-30-28-26-24-22-20-18-19-21-23-25-27-29-31-33-36-40-44-48-52-56-60-66(71)68-64(63-69)65(70)59-55-51-47-43-39-35-16-14-12-10-8-6-4-2/h55,59,64-65,69-70H,3-54,56-58,60-63H2,1-2H3,(H,68,71)/b59-55+. The average Bonchev–Trinajstić information content (AvgIpc) is 3.39. The van der Waals surface area contributed by atoms with Crippen LogP contribution in [0.25, 0.3) is 0 Å². The first-order valence-corrected chi connectivity index (χ1v) is 33.5. The highest BCUT2D eigenvalue weighted by Gasteiger charge is 2.18. The molecule has 0 bridgehead atoms. The van der Waals surface area contributed by atoms with Gasteiger partial charge in [-0.2, -0.15) is 0 Å². The molecule has 73 heavy (non-hydrogen) atoms. The van der Waals surface area contributed by atoms with Gasteiger partial charge >= 0.3 is 5.97 Å². The summed E-state index contributed by atoms with van der Waals surface area (Å²) in [5, 5.41) is 23.1. The maximum absolute atomic E-state index is 12.5. The van der Waals surface area contributed by atoms with Crippen LogP contribution in [0.4, 0.5) is 0 Å². The van der Waals surface area contributed by atoms with Crippen LogP contribution < -0.4 is 5.32 Å². The number of allylic oxidation sites excluding steroid dienone is 1. The van der Waals surface area contributed by atoms with Gasteiger partial charge in [-0.1, -0.05) is 347 Å². The van der Waals surface area contributed by atoms with Crippen molar-refractivity contribution in [2.45, 2.75) is 392 Å². The van der Waals surface area contributed by atoms with E-state index in [4.69, 9.17) is 4.74 Å². The predicted octanol–water partition coefficient (Wildman–Crippen LogP) is 21.2. The van der Waals surface area contributed by atoms with E-state index in [0.29, 0.717) is 19.4 Å². The minimum absolute atomic E-state index is 0.0221. The van der Waals surface area contributed by atoms with Gasteiger partial charge in [-0.15, -0.1) is 0 Å². The molecule has 6 heteroatoms. The summed E-state index contributed by atoms with van der Waals surface area (Å²) in [6.45, 7) is 4.93. The summed E-state index contributed by atoms with van der Waals surface area (Å²) >= 11 is 0. The van der Waals surface area contributed by atoms with E-state index in [-0.39, 0.29) is 18.5 Å². The molecule has 0 saturated heterocycles. The van der Waals surface area contributed by atoms with Gasteiger partial charge in [0.1, 0.15) is 0 Å². The van der Waals surface area contributed by atoms with Gasteiger partial charge in [0.05, 0.1) is 25.4 Å². The summed E-state index contributed by atoms with van der Waals surface area (Å²) in [7, 11) is 0. The summed E-state index contributed by atoms with van der Waals surface area (Å²) in [6.07, 6.45) is 77.1. The van der Waals surface area contributed by atoms with Gasteiger partial charge in [0.15, 0.2) is 0 Å². The second-order valence-electron chi connectivity index (χ2n) is 23.2. The van der Waals surface area contributed by atoms with E-state index in [1.807, 2.05) is 6.08 Å². The third-order valence-electron chi connectivity index (χ3n) is 15.8. The molecule has 3 N–H and O–H groups in total. The molecule has 434 valence electrons. The van der Waals surface area contributed by atoms with Crippen molar-refractivity contribution in [3.8, 4) is 0 Å². The van der Waals surface area contributed by atoms with Crippen molar-refractivity contribution >= 4 is 11.9 Å². The molecule has 1 amide bonds. The summed E-state index contributed by atoms with van der Waals surface area (Å²) in [5.74, 6) is -0.0406. The maximum Gasteiger partial charge on any atom is 0.305 e. The molecule has 0 spiro atoms. The maximum atomic E-state index is 12.5. The molecule has 0 aliphatic heterocycles. The van der Waals surface area contributed by atoms with Crippen LogP contribution in [0.1, 0.15) is 380 Å². The van der Waals surface area contributed by atoms with Crippen molar-refractivity contribution in [2.24, 2.45) is 0 Å². The lowest BCUT2D eigenvalue weighted by Gasteiger charge is -2.20. The fraction of sp³-hybridized carbons (Fsp3) is 0.940. The monoisotopic (exact) mass is 1030 g/mol. The number of hydrogen-bond donors (Lipinski definition) is 3. The molecule has 0 aromatic heterocycles. The summed E-state index contributed by atoms with van der Waals surface area (Å²) < 4.78 is 5.49. The Morgan fingerprint density at radius 1 is 0.370 bits per heavy atom. The third kappa shape index (κ3) is 59.7. The largest absolute Gasteiger partial charge is 0.466 e. The second kappa shape index (κ2) is 63.1. The van der Waals surface area contributed by atoms with Crippen molar-refractivity contribution in [1.82, 2.24) is 5.32 Å². The van der Waals surface area contributed by atoms with Crippen molar-refractivity contribution in [1.29, 1.82) is 0 Å². The SMILES string of the molecule is CCCCCCCCCCCCC/C=C/C(O)C(CO)NC(=O)CCCCCCCCCCCCCCCCCCCCCCCCCCCCCCCOC(=O)CCCCCCCCCCCCCCCC. The number of esters is 1. The predicted molar refractivity (Wildman–Crippen MR) is 320 cm³/mol. The fourth-order valence-corrected chi connectivity index (χ4v) is 10.7. The Morgan fingerprint density at radius 2 is 0.630 bits per heavy atom. The smallest absolute Gasteiger partial charge is 0.305 e. The van der Waals surface area contributed by atoms with Crippen LogP contribution in [0.2, 0.25) is 0 Å². The van der Waals surface area contributed by atoms with Gasteiger partial charge in [0, 0.05) is 12.8 Å². The van der Waals surface area contributed by atoms with Crippen molar-refractivity contribution in [2.75, 3.05) is 13.2 Å². The minimum Gasteiger partial charge on any atom is -0.466 e. The molecule has 0 saturated carbocycles. The number of unbranched alkanes of at least 4 members (excludes halogenated alkanes) is 52. The lowest BCUT2D eigenvalue weighted by atomic mass is 10.0. The molecule has 0 radical (unpaired) electrons. The van der Waals surface area contributed by atoms with Gasteiger partial charge in [-0.05, 0) is 32.1 Å². The van der Waals surface area contributed by atoms with Crippen LogP contribution >= 0.6 is 0 Å². The van der Waals surface area contributed by atoms with Gasteiger partial charge in [0.25, 0.3) is 0 Å². The van der Waals surface area contributed by atoms with Crippen LogP contribution in [-0.2, 0) is 14.3 Å². The van der Waals surface area contributed by atoms with Gasteiger partial charge in [-0.25, -0.2) is 0 Å². The molecule has 0 aliphatic rings. The normalized spacial score (nSPS) is 12.5. The quantitative estimate of drug-likeness (QED) is 0.0320. The molecule has 2 unspecified atom stereocenters. The zero-order valence-electron chi connectivity index (χ0n) is 49.6. The first-order valence-electron chi connectivity index (χ1n) is 33.5. The molecule has 2 atom stereocenters.